The van der Waals surface area contributed by atoms with Gasteiger partial charge in [-0.1, -0.05) is 26.1 Å². The van der Waals surface area contributed by atoms with Crippen LogP contribution in [0.3, 0.4) is 0 Å². The van der Waals surface area contributed by atoms with Crippen LogP contribution in [0.5, 0.6) is 0 Å². The second-order valence-corrected chi connectivity index (χ2v) is 21.6. The molecular formula is C18H42ClO5PSi2. The highest BCUT2D eigenvalue weighted by atomic mass is 35.5. The number of rotatable bonds is 15. The zero-order valence-corrected chi connectivity index (χ0v) is 22.5. The third-order valence-corrected chi connectivity index (χ3v) is 14.2. The van der Waals surface area contributed by atoms with E-state index in [1.165, 1.54) is 0 Å². The van der Waals surface area contributed by atoms with Gasteiger partial charge in [0, 0.05) is 12.5 Å². The molecule has 0 spiro atoms. The van der Waals surface area contributed by atoms with Crippen molar-refractivity contribution in [2.75, 3.05) is 25.7 Å². The highest BCUT2D eigenvalue weighted by Crippen LogP contribution is 2.67. The summed E-state index contributed by atoms with van der Waals surface area (Å²) in [5, 5.41) is 0. The van der Waals surface area contributed by atoms with Gasteiger partial charge in [-0.25, -0.2) is 0 Å². The second kappa shape index (κ2) is 11.8. The largest absolute Gasteiger partial charge is 0.392 e. The molecule has 0 N–H and O–H groups in total. The molecule has 2 atom stereocenters. The summed E-state index contributed by atoms with van der Waals surface area (Å²) in [7, 11) is -7.66. The lowest BCUT2D eigenvalue weighted by atomic mass is 10.2. The van der Waals surface area contributed by atoms with Crippen molar-refractivity contribution < 1.29 is 22.8 Å². The Kier molecular flexibility index (Phi) is 12.2. The SMILES string of the molecule is CCOC(O[Si](C)(C)C)C(CCCCCl)([Si](C)(C)C)P(=O)(OCC)OCC. The minimum atomic E-state index is -3.50. The number of hydrogen-bond donors (Lipinski definition) is 0. The van der Waals surface area contributed by atoms with E-state index in [-0.39, 0.29) is 0 Å². The van der Waals surface area contributed by atoms with E-state index in [1.54, 1.807) is 0 Å². The summed E-state index contributed by atoms with van der Waals surface area (Å²) < 4.78 is 38.0. The molecule has 9 heteroatoms. The average molecular weight is 461 g/mol. The van der Waals surface area contributed by atoms with Crippen LogP contribution in [0.15, 0.2) is 0 Å². The molecule has 5 nitrogen and oxygen atoms in total. The van der Waals surface area contributed by atoms with Crippen molar-refractivity contribution in [3.8, 4) is 0 Å². The molecule has 0 aliphatic heterocycles. The van der Waals surface area contributed by atoms with Crippen LogP contribution in [-0.4, -0.2) is 53.2 Å². The van der Waals surface area contributed by atoms with Gasteiger partial charge in [-0.05, 0) is 53.3 Å². The van der Waals surface area contributed by atoms with Crippen molar-refractivity contribution in [1.29, 1.82) is 0 Å². The fourth-order valence-corrected chi connectivity index (χ4v) is 12.2. The smallest absolute Gasteiger partial charge is 0.339 e. The number of hydrogen-bond acceptors (Lipinski definition) is 5. The van der Waals surface area contributed by atoms with E-state index in [9.17, 15) is 4.57 Å². The average Bonchev–Trinajstić information content (AvgIpc) is 2.49. The molecule has 0 aliphatic carbocycles. The lowest BCUT2D eigenvalue weighted by Gasteiger charge is -2.51. The van der Waals surface area contributed by atoms with Crippen LogP contribution in [0.1, 0.15) is 40.0 Å². The van der Waals surface area contributed by atoms with E-state index in [0.29, 0.717) is 32.1 Å². The van der Waals surface area contributed by atoms with Crippen LogP contribution in [0, 0.1) is 0 Å². The minimum absolute atomic E-state index is 0.324. The summed E-state index contributed by atoms with van der Waals surface area (Å²) in [5.74, 6) is 0.573. The Balaban J connectivity index is 6.60. The fourth-order valence-electron chi connectivity index (χ4n) is 3.36. The van der Waals surface area contributed by atoms with Crippen LogP contribution >= 0.6 is 19.2 Å². The highest BCUT2D eigenvalue weighted by Gasteiger charge is 2.64. The molecular weight excluding hydrogens is 419 g/mol. The standard InChI is InChI=1S/C18H42ClO5PSi2/c1-10-21-17(24-27(7,8)9)18(26(4,5)6,15-13-14-16-19)25(20,22-11-2)23-12-3/h17H,10-16H2,1-9H3. The Morgan fingerprint density at radius 1 is 0.926 bits per heavy atom. The third-order valence-electron chi connectivity index (χ3n) is 4.50. The van der Waals surface area contributed by atoms with Crippen LogP contribution in [0.25, 0.3) is 0 Å². The van der Waals surface area contributed by atoms with Crippen molar-refractivity contribution in [3.05, 3.63) is 0 Å². The molecule has 27 heavy (non-hydrogen) atoms. The number of ether oxygens (including phenoxy) is 1. The molecule has 0 aliphatic rings. The summed E-state index contributed by atoms with van der Waals surface area (Å²) >= 11 is 5.95. The Morgan fingerprint density at radius 3 is 1.78 bits per heavy atom. The van der Waals surface area contributed by atoms with Crippen LogP contribution in [0.2, 0.25) is 39.3 Å². The van der Waals surface area contributed by atoms with Crippen molar-refractivity contribution in [2.45, 2.75) is 90.4 Å². The van der Waals surface area contributed by atoms with Gasteiger partial charge in [0.25, 0.3) is 0 Å². The summed E-state index contributed by atoms with van der Waals surface area (Å²) in [6.07, 6.45) is 1.72. The van der Waals surface area contributed by atoms with Gasteiger partial charge >= 0.3 is 7.60 Å². The summed E-state index contributed by atoms with van der Waals surface area (Å²) in [5.41, 5.74) is 0. The van der Waals surface area contributed by atoms with Crippen molar-refractivity contribution in [2.24, 2.45) is 0 Å². The van der Waals surface area contributed by atoms with Gasteiger partial charge in [0.2, 0.25) is 0 Å². The Labute approximate surface area is 174 Å². The quantitative estimate of drug-likeness (QED) is 0.0918. The Bertz CT molecular complexity index is 458. The van der Waals surface area contributed by atoms with E-state index in [1.807, 2.05) is 20.8 Å². The maximum absolute atomic E-state index is 14.3. The first-order chi connectivity index (χ1) is 12.3. The van der Waals surface area contributed by atoms with Gasteiger partial charge in [-0.3, -0.25) is 4.57 Å². The number of halogens is 1. The van der Waals surface area contributed by atoms with Crippen molar-refractivity contribution in [3.63, 3.8) is 0 Å². The summed E-state index contributed by atoms with van der Waals surface area (Å²) in [6, 6.07) is 0. The Hall–Kier alpha value is 0.794. The fraction of sp³-hybridized carbons (Fsp3) is 1.00. The van der Waals surface area contributed by atoms with Gasteiger partial charge in [0.15, 0.2) is 14.6 Å². The van der Waals surface area contributed by atoms with Gasteiger partial charge in [0.1, 0.15) is 4.78 Å². The zero-order chi connectivity index (χ0) is 21.4. The highest BCUT2D eigenvalue weighted by molar-refractivity contribution is 7.59. The normalized spacial score (nSPS) is 17.0. The van der Waals surface area contributed by atoms with Gasteiger partial charge in [-0.15, -0.1) is 11.6 Å². The van der Waals surface area contributed by atoms with Gasteiger partial charge < -0.3 is 18.2 Å². The molecule has 0 bridgehead atoms. The molecule has 0 heterocycles. The monoisotopic (exact) mass is 460 g/mol. The molecule has 0 saturated carbocycles. The first kappa shape index (κ1) is 27.8. The van der Waals surface area contributed by atoms with Crippen LogP contribution < -0.4 is 0 Å². The number of alkyl halides is 1. The molecule has 0 aromatic carbocycles. The molecule has 164 valence electrons. The van der Waals surface area contributed by atoms with Crippen LogP contribution in [0.4, 0.5) is 0 Å². The molecule has 0 fully saturated rings. The maximum atomic E-state index is 14.3. The second-order valence-electron chi connectivity index (χ2n) is 8.67. The van der Waals surface area contributed by atoms with Crippen molar-refractivity contribution in [1.82, 2.24) is 0 Å². The molecule has 0 amide bonds. The lowest BCUT2D eigenvalue weighted by molar-refractivity contribution is -0.0995. The van der Waals surface area contributed by atoms with E-state index in [0.717, 1.165) is 12.8 Å². The predicted molar refractivity (Wildman–Crippen MR) is 121 cm³/mol. The molecule has 0 radical (unpaired) electrons. The van der Waals surface area contributed by atoms with E-state index >= 15 is 0 Å². The van der Waals surface area contributed by atoms with E-state index in [2.05, 4.69) is 39.3 Å². The minimum Gasteiger partial charge on any atom is -0.392 e. The summed E-state index contributed by atoms with van der Waals surface area (Å²) in [4.78, 5) is 0. The van der Waals surface area contributed by atoms with Gasteiger partial charge in [-0.2, -0.15) is 0 Å². The number of unbranched alkanes of at least 4 members (excludes halogenated alkanes) is 1. The first-order valence-corrected chi connectivity index (χ1v) is 19.1. The first-order valence-electron chi connectivity index (χ1n) is 10.1. The zero-order valence-electron chi connectivity index (χ0n) is 18.9. The van der Waals surface area contributed by atoms with E-state index < -0.39 is 35.1 Å². The predicted octanol–water partition coefficient (Wildman–Crippen LogP) is 6.49. The lowest BCUT2D eigenvalue weighted by Crippen LogP contribution is -2.63. The molecule has 0 saturated heterocycles. The summed E-state index contributed by atoms with van der Waals surface area (Å²) in [6.45, 7) is 19.8. The van der Waals surface area contributed by atoms with Gasteiger partial charge in [0.05, 0.1) is 21.3 Å². The van der Waals surface area contributed by atoms with Crippen LogP contribution in [-0.2, 0) is 22.8 Å². The molecule has 0 aromatic heterocycles. The van der Waals surface area contributed by atoms with Crippen molar-refractivity contribution >= 4 is 35.6 Å². The maximum Gasteiger partial charge on any atom is 0.339 e. The molecule has 0 rings (SSSR count). The molecule has 2 unspecified atom stereocenters. The third kappa shape index (κ3) is 7.52. The van der Waals surface area contributed by atoms with E-state index in [4.69, 9.17) is 29.8 Å². The Morgan fingerprint density at radius 2 is 1.44 bits per heavy atom. The molecule has 0 aromatic rings. The topological polar surface area (TPSA) is 54.0 Å².